The molecule has 7 heteroatoms. The second-order valence-electron chi connectivity index (χ2n) is 7.90. The SMILES string of the molecule is CN(C)CCCNC(=O)C1(Cc2cc(C3CCOC3)no2)CCNCC1. The third-order valence-electron chi connectivity index (χ3n) is 5.55. The van der Waals surface area contributed by atoms with Crippen molar-refractivity contribution in [3.05, 3.63) is 17.5 Å². The van der Waals surface area contributed by atoms with E-state index < -0.39 is 5.41 Å². The molecule has 2 fully saturated rings. The standard InChI is InChI=1S/C19H32N4O3/c1-23(2)10-3-7-21-18(24)19(5-8-20-9-6-19)13-16-12-17(22-26-16)15-4-11-25-14-15/h12,15,20H,3-11,13-14H2,1-2H3,(H,21,24). The predicted molar refractivity (Wildman–Crippen MR) is 99.1 cm³/mol. The molecule has 2 aliphatic rings. The molecule has 1 amide bonds. The second kappa shape index (κ2) is 8.97. The van der Waals surface area contributed by atoms with E-state index in [9.17, 15) is 4.79 Å². The minimum Gasteiger partial charge on any atom is -0.381 e. The van der Waals surface area contributed by atoms with E-state index in [1.54, 1.807) is 0 Å². The molecule has 1 aromatic rings. The van der Waals surface area contributed by atoms with Gasteiger partial charge in [0, 0.05) is 31.6 Å². The van der Waals surface area contributed by atoms with Crippen LogP contribution >= 0.6 is 0 Å². The zero-order chi connectivity index (χ0) is 18.4. The Morgan fingerprint density at radius 1 is 1.42 bits per heavy atom. The van der Waals surface area contributed by atoms with Gasteiger partial charge in [0.25, 0.3) is 0 Å². The fourth-order valence-electron chi connectivity index (χ4n) is 3.88. The van der Waals surface area contributed by atoms with Crippen LogP contribution in [0.1, 0.15) is 43.1 Å². The van der Waals surface area contributed by atoms with Crippen LogP contribution in [0, 0.1) is 5.41 Å². The van der Waals surface area contributed by atoms with E-state index in [2.05, 4.69) is 20.7 Å². The molecule has 1 aromatic heterocycles. The summed E-state index contributed by atoms with van der Waals surface area (Å²) in [4.78, 5) is 15.1. The van der Waals surface area contributed by atoms with Crippen molar-refractivity contribution < 1.29 is 14.1 Å². The molecule has 146 valence electrons. The van der Waals surface area contributed by atoms with Crippen LogP contribution in [0.5, 0.6) is 0 Å². The van der Waals surface area contributed by atoms with Crippen LogP contribution in [-0.4, -0.2) is 69.5 Å². The maximum atomic E-state index is 13.0. The summed E-state index contributed by atoms with van der Waals surface area (Å²) in [6, 6.07) is 2.03. The van der Waals surface area contributed by atoms with Gasteiger partial charge in [0.2, 0.25) is 5.91 Å². The zero-order valence-electron chi connectivity index (χ0n) is 16.1. The summed E-state index contributed by atoms with van der Waals surface area (Å²) in [5.74, 6) is 1.30. The van der Waals surface area contributed by atoms with Crippen molar-refractivity contribution in [3.63, 3.8) is 0 Å². The molecule has 1 unspecified atom stereocenters. The third-order valence-corrected chi connectivity index (χ3v) is 5.55. The van der Waals surface area contributed by atoms with Crippen molar-refractivity contribution in [2.24, 2.45) is 5.41 Å². The quantitative estimate of drug-likeness (QED) is 0.674. The molecule has 26 heavy (non-hydrogen) atoms. The van der Waals surface area contributed by atoms with Crippen LogP contribution in [0.3, 0.4) is 0 Å². The van der Waals surface area contributed by atoms with Crippen molar-refractivity contribution in [1.82, 2.24) is 20.7 Å². The summed E-state index contributed by atoms with van der Waals surface area (Å²) in [7, 11) is 4.10. The Hall–Kier alpha value is -1.44. The topological polar surface area (TPSA) is 79.6 Å². The molecule has 3 rings (SSSR count). The second-order valence-corrected chi connectivity index (χ2v) is 7.90. The number of carbonyl (C=O) groups excluding carboxylic acids is 1. The van der Waals surface area contributed by atoms with E-state index in [0.29, 0.717) is 25.5 Å². The monoisotopic (exact) mass is 364 g/mol. The highest BCUT2D eigenvalue weighted by molar-refractivity contribution is 5.83. The average Bonchev–Trinajstić information content (AvgIpc) is 3.30. The Labute approximate surface area is 155 Å². The zero-order valence-corrected chi connectivity index (χ0v) is 16.1. The molecular weight excluding hydrogens is 332 g/mol. The highest BCUT2D eigenvalue weighted by Crippen LogP contribution is 2.34. The smallest absolute Gasteiger partial charge is 0.226 e. The van der Waals surface area contributed by atoms with Gasteiger partial charge < -0.3 is 24.8 Å². The summed E-state index contributed by atoms with van der Waals surface area (Å²) in [6.07, 6.45) is 4.23. The molecule has 3 heterocycles. The molecular formula is C19H32N4O3. The van der Waals surface area contributed by atoms with Crippen LogP contribution < -0.4 is 10.6 Å². The summed E-state index contributed by atoms with van der Waals surface area (Å²) >= 11 is 0. The van der Waals surface area contributed by atoms with Gasteiger partial charge in [-0.15, -0.1) is 0 Å². The number of ether oxygens (including phenoxy) is 1. The number of piperidine rings is 1. The average molecular weight is 364 g/mol. The van der Waals surface area contributed by atoms with Gasteiger partial charge in [-0.3, -0.25) is 4.79 Å². The molecule has 2 aliphatic heterocycles. The van der Waals surface area contributed by atoms with Crippen molar-refractivity contribution >= 4 is 5.91 Å². The largest absolute Gasteiger partial charge is 0.381 e. The van der Waals surface area contributed by atoms with E-state index in [4.69, 9.17) is 9.26 Å². The first-order valence-corrected chi connectivity index (χ1v) is 9.76. The van der Waals surface area contributed by atoms with Crippen LogP contribution in [0.4, 0.5) is 0 Å². The molecule has 0 aliphatic carbocycles. The number of carbonyl (C=O) groups is 1. The van der Waals surface area contributed by atoms with E-state index in [-0.39, 0.29) is 5.91 Å². The molecule has 0 aromatic carbocycles. The number of nitrogens with one attached hydrogen (secondary N) is 2. The van der Waals surface area contributed by atoms with E-state index in [0.717, 1.165) is 63.4 Å². The number of aromatic nitrogens is 1. The van der Waals surface area contributed by atoms with Gasteiger partial charge in [-0.1, -0.05) is 5.16 Å². The summed E-state index contributed by atoms with van der Waals surface area (Å²) in [5.41, 5.74) is 0.569. The maximum Gasteiger partial charge on any atom is 0.226 e. The van der Waals surface area contributed by atoms with Crippen LogP contribution in [0.25, 0.3) is 0 Å². The Morgan fingerprint density at radius 2 is 2.23 bits per heavy atom. The summed E-state index contributed by atoms with van der Waals surface area (Å²) in [5, 5.41) is 10.8. The van der Waals surface area contributed by atoms with E-state index in [1.165, 1.54) is 0 Å². The Bertz CT molecular complexity index is 575. The van der Waals surface area contributed by atoms with Crippen LogP contribution in [0.15, 0.2) is 10.6 Å². The van der Waals surface area contributed by atoms with Gasteiger partial charge in [-0.05, 0) is 59.4 Å². The third kappa shape index (κ3) is 4.84. The van der Waals surface area contributed by atoms with Crippen molar-refractivity contribution in [3.8, 4) is 0 Å². The molecule has 0 radical (unpaired) electrons. The molecule has 0 bridgehead atoms. The van der Waals surface area contributed by atoms with Crippen LogP contribution in [0.2, 0.25) is 0 Å². The molecule has 2 saturated heterocycles. The molecule has 2 N–H and O–H groups in total. The number of hydrogen-bond donors (Lipinski definition) is 2. The minimum absolute atomic E-state index is 0.153. The van der Waals surface area contributed by atoms with Gasteiger partial charge in [-0.25, -0.2) is 0 Å². The lowest BCUT2D eigenvalue weighted by atomic mass is 9.74. The molecule has 7 nitrogen and oxygen atoms in total. The van der Waals surface area contributed by atoms with E-state index >= 15 is 0 Å². The molecule has 0 spiro atoms. The fraction of sp³-hybridized carbons (Fsp3) is 0.789. The number of amides is 1. The van der Waals surface area contributed by atoms with Gasteiger partial charge in [-0.2, -0.15) is 0 Å². The fourth-order valence-corrected chi connectivity index (χ4v) is 3.88. The van der Waals surface area contributed by atoms with Gasteiger partial charge in [0.15, 0.2) is 0 Å². The number of rotatable bonds is 8. The van der Waals surface area contributed by atoms with Crippen molar-refractivity contribution in [2.75, 3.05) is 53.5 Å². The Balaban J connectivity index is 1.62. The maximum absolute atomic E-state index is 13.0. The van der Waals surface area contributed by atoms with Crippen LogP contribution in [-0.2, 0) is 16.0 Å². The number of hydrogen-bond acceptors (Lipinski definition) is 6. The highest BCUT2D eigenvalue weighted by Gasteiger charge is 2.40. The number of nitrogens with zero attached hydrogens (tertiary/aromatic N) is 2. The normalized spacial score (nSPS) is 22.7. The first kappa shape index (κ1) is 19.3. The molecule has 1 atom stereocenters. The highest BCUT2D eigenvalue weighted by atomic mass is 16.5. The lowest BCUT2D eigenvalue weighted by Gasteiger charge is -2.35. The Kier molecular flexibility index (Phi) is 6.67. The van der Waals surface area contributed by atoms with Crippen molar-refractivity contribution in [2.45, 2.75) is 38.0 Å². The van der Waals surface area contributed by atoms with Gasteiger partial charge in [0.05, 0.1) is 17.7 Å². The van der Waals surface area contributed by atoms with Crippen molar-refractivity contribution in [1.29, 1.82) is 0 Å². The Morgan fingerprint density at radius 3 is 2.92 bits per heavy atom. The lowest BCUT2D eigenvalue weighted by Crippen LogP contribution is -2.49. The minimum atomic E-state index is -0.396. The first-order chi connectivity index (χ1) is 12.6. The summed E-state index contributed by atoms with van der Waals surface area (Å²) < 4.78 is 11.0. The lowest BCUT2D eigenvalue weighted by molar-refractivity contribution is -0.132. The summed E-state index contributed by atoms with van der Waals surface area (Å²) in [6.45, 7) is 4.92. The predicted octanol–water partition coefficient (Wildman–Crippen LogP) is 1.16. The first-order valence-electron chi connectivity index (χ1n) is 9.76. The van der Waals surface area contributed by atoms with Gasteiger partial charge >= 0.3 is 0 Å². The van der Waals surface area contributed by atoms with E-state index in [1.807, 2.05) is 20.2 Å². The molecule has 0 saturated carbocycles. The van der Waals surface area contributed by atoms with Gasteiger partial charge in [0.1, 0.15) is 5.76 Å².